The highest BCUT2D eigenvalue weighted by Gasteiger charge is 2.20. The second kappa shape index (κ2) is 8.18. The molecule has 0 heterocycles. The van der Waals surface area contributed by atoms with Crippen LogP contribution in [0.3, 0.4) is 0 Å². The largest absolute Gasteiger partial charge is 0.480 e. The Kier molecular flexibility index (Phi) is 6.90. The molecular formula is C12H13BrF2N2O3S. The summed E-state index contributed by atoms with van der Waals surface area (Å²) in [4.78, 5) is 22.7. The second-order valence-corrected chi connectivity index (χ2v) is 5.86. The molecule has 0 fully saturated rings. The van der Waals surface area contributed by atoms with Crippen LogP contribution in [0.25, 0.3) is 0 Å². The van der Waals surface area contributed by atoms with Crippen molar-refractivity contribution in [2.45, 2.75) is 12.5 Å². The van der Waals surface area contributed by atoms with Crippen LogP contribution < -0.4 is 10.6 Å². The van der Waals surface area contributed by atoms with E-state index in [0.717, 1.165) is 6.07 Å². The highest BCUT2D eigenvalue weighted by molar-refractivity contribution is 9.10. The Labute approximate surface area is 132 Å². The second-order valence-electron chi connectivity index (χ2n) is 4.02. The summed E-state index contributed by atoms with van der Waals surface area (Å²) in [5.41, 5.74) is -0.261. The fraction of sp³-hybridized carbons (Fsp3) is 0.333. The van der Waals surface area contributed by atoms with Crippen molar-refractivity contribution in [3.05, 3.63) is 28.2 Å². The van der Waals surface area contributed by atoms with Gasteiger partial charge < -0.3 is 15.7 Å². The predicted molar refractivity (Wildman–Crippen MR) is 80.6 cm³/mol. The van der Waals surface area contributed by atoms with E-state index in [4.69, 9.17) is 5.11 Å². The lowest BCUT2D eigenvalue weighted by Crippen LogP contribution is -2.43. The number of carboxylic acid groups (broad SMARTS) is 1. The summed E-state index contributed by atoms with van der Waals surface area (Å²) < 4.78 is 26.5. The average molecular weight is 383 g/mol. The number of halogens is 3. The highest BCUT2D eigenvalue weighted by Crippen LogP contribution is 2.26. The van der Waals surface area contributed by atoms with E-state index in [1.807, 2.05) is 6.26 Å². The van der Waals surface area contributed by atoms with Crippen molar-refractivity contribution in [1.29, 1.82) is 0 Å². The van der Waals surface area contributed by atoms with E-state index < -0.39 is 29.7 Å². The number of hydrogen-bond acceptors (Lipinski definition) is 3. The SMILES string of the molecule is CSCCC(NC(=O)Nc1c(F)cc(F)cc1Br)C(=O)O. The Hall–Kier alpha value is -1.35. The van der Waals surface area contributed by atoms with Crippen LogP contribution in [0.4, 0.5) is 19.3 Å². The minimum atomic E-state index is -1.18. The maximum Gasteiger partial charge on any atom is 0.326 e. The third-order valence-electron chi connectivity index (χ3n) is 2.46. The van der Waals surface area contributed by atoms with Crippen LogP contribution >= 0.6 is 27.7 Å². The van der Waals surface area contributed by atoms with Crippen molar-refractivity contribution in [1.82, 2.24) is 5.32 Å². The Morgan fingerprint density at radius 1 is 1.43 bits per heavy atom. The molecule has 0 saturated carbocycles. The molecular weight excluding hydrogens is 370 g/mol. The zero-order chi connectivity index (χ0) is 16.0. The van der Waals surface area contributed by atoms with Crippen molar-refractivity contribution in [3.8, 4) is 0 Å². The molecule has 9 heteroatoms. The van der Waals surface area contributed by atoms with Gasteiger partial charge >= 0.3 is 12.0 Å². The van der Waals surface area contributed by atoms with Gasteiger partial charge in [0.05, 0.1) is 5.69 Å². The van der Waals surface area contributed by atoms with Gasteiger partial charge in [0.1, 0.15) is 11.9 Å². The van der Waals surface area contributed by atoms with Gasteiger partial charge in [-0.2, -0.15) is 11.8 Å². The molecule has 116 valence electrons. The van der Waals surface area contributed by atoms with Gasteiger partial charge in [-0.15, -0.1) is 0 Å². The summed E-state index contributed by atoms with van der Waals surface area (Å²) in [6.07, 6.45) is 2.04. The Balaban J connectivity index is 2.74. The van der Waals surface area contributed by atoms with Crippen LogP contribution in [0, 0.1) is 11.6 Å². The lowest BCUT2D eigenvalue weighted by Gasteiger charge is -2.15. The number of rotatable bonds is 6. The summed E-state index contributed by atoms with van der Waals surface area (Å²) in [5.74, 6) is -2.40. The fourth-order valence-corrected chi connectivity index (χ4v) is 2.44. The van der Waals surface area contributed by atoms with Gasteiger partial charge in [-0.3, -0.25) is 0 Å². The minimum Gasteiger partial charge on any atom is -0.480 e. The Morgan fingerprint density at radius 3 is 2.62 bits per heavy atom. The number of carboxylic acids is 1. The first-order valence-corrected chi connectivity index (χ1v) is 7.97. The third kappa shape index (κ3) is 5.50. The minimum absolute atomic E-state index is 0.0196. The molecule has 0 saturated heterocycles. The number of carbonyl (C=O) groups excluding carboxylic acids is 1. The summed E-state index contributed by atoms with van der Waals surface area (Å²) >= 11 is 4.36. The van der Waals surface area contributed by atoms with E-state index in [1.165, 1.54) is 11.8 Å². The average Bonchev–Trinajstić information content (AvgIpc) is 2.38. The van der Waals surface area contributed by atoms with Crippen LogP contribution in [0.1, 0.15) is 6.42 Å². The van der Waals surface area contributed by atoms with Crippen LogP contribution in [-0.2, 0) is 4.79 Å². The molecule has 0 aliphatic rings. The molecule has 5 nitrogen and oxygen atoms in total. The van der Waals surface area contributed by atoms with Crippen molar-refractivity contribution >= 4 is 45.4 Å². The molecule has 1 aromatic carbocycles. The molecule has 0 spiro atoms. The standard InChI is InChI=1S/C12H13BrF2N2O3S/c1-21-3-2-9(11(18)19)16-12(20)17-10-7(13)4-6(14)5-8(10)15/h4-5,9H,2-3H2,1H3,(H,18,19)(H2,16,17,20). The van der Waals surface area contributed by atoms with Gasteiger partial charge in [-0.1, -0.05) is 0 Å². The first-order valence-electron chi connectivity index (χ1n) is 5.79. The number of thioether (sulfide) groups is 1. The summed E-state index contributed by atoms with van der Waals surface area (Å²) in [6.45, 7) is 0. The molecule has 0 aromatic heterocycles. The lowest BCUT2D eigenvalue weighted by atomic mass is 10.2. The monoisotopic (exact) mass is 382 g/mol. The smallest absolute Gasteiger partial charge is 0.326 e. The Bertz CT molecular complexity index is 522. The number of benzene rings is 1. The highest BCUT2D eigenvalue weighted by atomic mass is 79.9. The molecule has 0 radical (unpaired) electrons. The van der Waals surface area contributed by atoms with Crippen LogP contribution in [-0.4, -0.2) is 35.2 Å². The van der Waals surface area contributed by atoms with E-state index in [1.54, 1.807) is 0 Å². The van der Waals surface area contributed by atoms with E-state index in [9.17, 15) is 18.4 Å². The van der Waals surface area contributed by atoms with Gasteiger partial charge in [0.25, 0.3) is 0 Å². The molecule has 0 aliphatic carbocycles. The molecule has 0 bridgehead atoms. The van der Waals surface area contributed by atoms with Gasteiger partial charge in [0, 0.05) is 10.5 Å². The molecule has 3 N–H and O–H groups in total. The number of nitrogens with one attached hydrogen (secondary N) is 2. The zero-order valence-corrected chi connectivity index (χ0v) is 13.4. The van der Waals surface area contributed by atoms with Crippen molar-refractivity contribution in [2.75, 3.05) is 17.3 Å². The predicted octanol–water partition coefficient (Wildman–Crippen LogP) is 3.06. The number of carbonyl (C=O) groups is 2. The first kappa shape index (κ1) is 17.7. The quantitative estimate of drug-likeness (QED) is 0.706. The third-order valence-corrected chi connectivity index (χ3v) is 3.73. The molecule has 1 unspecified atom stereocenters. The summed E-state index contributed by atoms with van der Waals surface area (Å²) in [7, 11) is 0. The lowest BCUT2D eigenvalue weighted by molar-refractivity contribution is -0.139. The van der Waals surface area contributed by atoms with Gasteiger partial charge in [-0.25, -0.2) is 18.4 Å². The van der Waals surface area contributed by atoms with Crippen LogP contribution in [0.15, 0.2) is 16.6 Å². The topological polar surface area (TPSA) is 78.4 Å². The maximum absolute atomic E-state index is 13.5. The van der Waals surface area contributed by atoms with Crippen LogP contribution in [0.2, 0.25) is 0 Å². The number of urea groups is 1. The maximum atomic E-state index is 13.5. The number of anilines is 1. The molecule has 1 rings (SSSR count). The number of aliphatic carboxylic acids is 1. The summed E-state index contributed by atoms with van der Waals surface area (Å²) in [6, 6.07) is -0.362. The number of hydrogen-bond donors (Lipinski definition) is 3. The Morgan fingerprint density at radius 2 is 2.10 bits per heavy atom. The van der Waals surface area contributed by atoms with Gasteiger partial charge in [0.15, 0.2) is 5.82 Å². The molecule has 2 amide bonds. The molecule has 1 aromatic rings. The fourth-order valence-electron chi connectivity index (χ4n) is 1.46. The van der Waals surface area contributed by atoms with Crippen molar-refractivity contribution in [3.63, 3.8) is 0 Å². The first-order chi connectivity index (χ1) is 9.85. The van der Waals surface area contributed by atoms with E-state index >= 15 is 0 Å². The van der Waals surface area contributed by atoms with Gasteiger partial charge in [-0.05, 0) is 40.4 Å². The zero-order valence-electron chi connectivity index (χ0n) is 11.0. The van der Waals surface area contributed by atoms with Gasteiger partial charge in [0.2, 0.25) is 0 Å². The summed E-state index contributed by atoms with van der Waals surface area (Å²) in [5, 5.41) is 13.4. The number of amides is 2. The van der Waals surface area contributed by atoms with Crippen LogP contribution in [0.5, 0.6) is 0 Å². The van der Waals surface area contributed by atoms with Crippen molar-refractivity contribution in [2.24, 2.45) is 0 Å². The molecule has 21 heavy (non-hydrogen) atoms. The van der Waals surface area contributed by atoms with E-state index in [0.29, 0.717) is 11.8 Å². The van der Waals surface area contributed by atoms with Crippen molar-refractivity contribution < 1.29 is 23.5 Å². The van der Waals surface area contributed by atoms with E-state index in [2.05, 4.69) is 26.6 Å². The molecule has 1 atom stereocenters. The normalized spacial score (nSPS) is 11.8. The van der Waals surface area contributed by atoms with E-state index in [-0.39, 0.29) is 16.6 Å². The molecule has 0 aliphatic heterocycles.